The van der Waals surface area contributed by atoms with Crippen LogP contribution < -0.4 is 0 Å². The number of nitrogens with zero attached hydrogens (tertiary/aromatic N) is 1. The summed E-state index contributed by atoms with van der Waals surface area (Å²) in [5, 5.41) is 9.72. The zero-order valence-corrected chi connectivity index (χ0v) is 14.8. The zero-order chi connectivity index (χ0) is 18.1. The van der Waals surface area contributed by atoms with Gasteiger partial charge < -0.3 is 5.11 Å². The number of carboxylic acid groups (broad SMARTS) is 1. The van der Waals surface area contributed by atoms with Gasteiger partial charge in [0.05, 0.1) is 11.2 Å². The maximum Gasteiger partial charge on any atom is 0.303 e. The summed E-state index contributed by atoms with van der Waals surface area (Å²) in [7, 11) is 0. The molecule has 0 amide bonds. The minimum atomic E-state index is -0.711. The van der Waals surface area contributed by atoms with E-state index < -0.39 is 5.97 Å². The lowest BCUT2D eigenvalue weighted by atomic mass is 10.1. The SMILES string of the molecule is CCCC(=O)O.Clc1ccc2ccc(C=Cc3ccccc3)nc2c1. The molecular formula is C21H20ClNO2. The van der Waals surface area contributed by atoms with Crippen molar-refractivity contribution in [3.8, 4) is 0 Å². The van der Waals surface area contributed by atoms with Crippen LogP contribution >= 0.6 is 11.6 Å². The average Bonchev–Trinajstić information content (AvgIpc) is 2.61. The lowest BCUT2D eigenvalue weighted by Crippen LogP contribution is -1.90. The molecule has 0 spiro atoms. The third-order valence-corrected chi connectivity index (χ3v) is 3.62. The molecule has 0 saturated heterocycles. The Morgan fingerprint density at radius 2 is 1.80 bits per heavy atom. The minimum absolute atomic E-state index is 0.292. The Bertz CT molecular complexity index is 860. The molecule has 0 aliphatic rings. The summed E-state index contributed by atoms with van der Waals surface area (Å²) in [6.45, 7) is 1.84. The first-order valence-corrected chi connectivity index (χ1v) is 8.47. The minimum Gasteiger partial charge on any atom is -0.481 e. The summed E-state index contributed by atoms with van der Waals surface area (Å²) in [4.78, 5) is 14.2. The van der Waals surface area contributed by atoms with Gasteiger partial charge in [-0.3, -0.25) is 4.79 Å². The smallest absolute Gasteiger partial charge is 0.303 e. The predicted octanol–water partition coefficient (Wildman–Crippen LogP) is 5.93. The van der Waals surface area contributed by atoms with Crippen LogP contribution in [-0.4, -0.2) is 16.1 Å². The maximum atomic E-state index is 9.60. The van der Waals surface area contributed by atoms with E-state index in [1.165, 1.54) is 0 Å². The van der Waals surface area contributed by atoms with Gasteiger partial charge in [-0.25, -0.2) is 4.98 Å². The van der Waals surface area contributed by atoms with E-state index >= 15 is 0 Å². The van der Waals surface area contributed by atoms with E-state index in [0.29, 0.717) is 11.4 Å². The van der Waals surface area contributed by atoms with E-state index in [1.54, 1.807) is 0 Å². The highest BCUT2D eigenvalue weighted by Gasteiger charge is 1.97. The molecule has 0 aliphatic heterocycles. The van der Waals surface area contributed by atoms with Crippen LogP contribution in [0.5, 0.6) is 0 Å². The summed E-state index contributed by atoms with van der Waals surface area (Å²) in [6, 6.07) is 20.0. The number of hydrogen-bond donors (Lipinski definition) is 1. The third kappa shape index (κ3) is 6.40. The van der Waals surface area contributed by atoms with Crippen LogP contribution in [0.15, 0.2) is 60.7 Å². The number of aliphatic carboxylic acids is 1. The number of carboxylic acids is 1. The van der Waals surface area contributed by atoms with Gasteiger partial charge in [-0.15, -0.1) is 0 Å². The second-order valence-electron chi connectivity index (χ2n) is 5.46. The number of carbonyl (C=O) groups is 1. The molecule has 0 unspecified atom stereocenters. The summed E-state index contributed by atoms with van der Waals surface area (Å²) >= 11 is 5.99. The highest BCUT2D eigenvalue weighted by Crippen LogP contribution is 2.18. The number of hydrogen-bond acceptors (Lipinski definition) is 2. The van der Waals surface area contributed by atoms with Gasteiger partial charge in [-0.1, -0.05) is 67.1 Å². The van der Waals surface area contributed by atoms with E-state index in [9.17, 15) is 4.79 Å². The van der Waals surface area contributed by atoms with Gasteiger partial charge in [-0.05, 0) is 36.3 Å². The Kier molecular flexibility index (Phi) is 7.17. The number of halogens is 1. The van der Waals surface area contributed by atoms with Crippen LogP contribution in [0.3, 0.4) is 0 Å². The monoisotopic (exact) mass is 353 g/mol. The van der Waals surface area contributed by atoms with Gasteiger partial charge in [0.25, 0.3) is 0 Å². The first kappa shape index (κ1) is 18.7. The topological polar surface area (TPSA) is 50.2 Å². The van der Waals surface area contributed by atoms with Crippen molar-refractivity contribution in [3.63, 3.8) is 0 Å². The molecule has 3 rings (SSSR count). The lowest BCUT2D eigenvalue weighted by molar-refractivity contribution is -0.137. The van der Waals surface area contributed by atoms with E-state index in [0.717, 1.165) is 28.6 Å². The number of pyridine rings is 1. The molecule has 25 heavy (non-hydrogen) atoms. The highest BCUT2D eigenvalue weighted by molar-refractivity contribution is 6.31. The molecule has 0 aliphatic carbocycles. The second-order valence-corrected chi connectivity index (χ2v) is 5.90. The predicted molar refractivity (Wildman–Crippen MR) is 105 cm³/mol. The standard InChI is InChI=1S/C17H12ClN.C4H8O2/c18-15-9-7-14-8-11-16(19-17(14)12-15)10-6-13-4-2-1-3-5-13;1-2-3-4(5)6/h1-12H;2-3H2,1H3,(H,5,6). The molecule has 0 bridgehead atoms. The van der Waals surface area contributed by atoms with Crippen molar-refractivity contribution in [1.82, 2.24) is 4.98 Å². The molecule has 3 nitrogen and oxygen atoms in total. The number of rotatable bonds is 4. The highest BCUT2D eigenvalue weighted by atomic mass is 35.5. The summed E-state index contributed by atoms with van der Waals surface area (Å²) in [5.41, 5.74) is 3.01. The molecule has 4 heteroatoms. The third-order valence-electron chi connectivity index (χ3n) is 3.39. The van der Waals surface area contributed by atoms with Gasteiger partial charge in [0.2, 0.25) is 0 Å². The molecular weight excluding hydrogens is 334 g/mol. The zero-order valence-electron chi connectivity index (χ0n) is 14.0. The summed E-state index contributed by atoms with van der Waals surface area (Å²) in [6.07, 6.45) is 5.09. The van der Waals surface area contributed by atoms with Gasteiger partial charge in [-0.2, -0.15) is 0 Å². The van der Waals surface area contributed by atoms with Gasteiger partial charge in [0.15, 0.2) is 0 Å². The van der Waals surface area contributed by atoms with Gasteiger partial charge in [0.1, 0.15) is 0 Å². The van der Waals surface area contributed by atoms with Crippen LogP contribution in [0.25, 0.3) is 23.1 Å². The van der Waals surface area contributed by atoms with Crippen LogP contribution in [-0.2, 0) is 4.79 Å². The van der Waals surface area contributed by atoms with Crippen LogP contribution in [0.4, 0.5) is 0 Å². The normalized spacial score (nSPS) is 10.5. The van der Waals surface area contributed by atoms with E-state index in [-0.39, 0.29) is 0 Å². The van der Waals surface area contributed by atoms with Crippen LogP contribution in [0, 0.1) is 0 Å². The Morgan fingerprint density at radius 1 is 1.08 bits per heavy atom. The molecule has 1 heterocycles. The Balaban J connectivity index is 0.000000326. The molecule has 1 aromatic heterocycles. The molecule has 0 radical (unpaired) electrons. The molecule has 3 aromatic rings. The number of fused-ring (bicyclic) bond motifs is 1. The molecule has 128 valence electrons. The van der Waals surface area contributed by atoms with Crippen LogP contribution in [0.1, 0.15) is 31.0 Å². The van der Waals surface area contributed by atoms with Crippen molar-refractivity contribution >= 4 is 40.6 Å². The molecule has 1 N–H and O–H groups in total. The average molecular weight is 354 g/mol. The van der Waals surface area contributed by atoms with Gasteiger partial charge >= 0.3 is 5.97 Å². The van der Waals surface area contributed by atoms with Crippen molar-refractivity contribution in [2.75, 3.05) is 0 Å². The van der Waals surface area contributed by atoms with E-state index in [1.807, 2.05) is 55.5 Å². The first-order valence-electron chi connectivity index (χ1n) is 8.09. The van der Waals surface area contributed by atoms with E-state index in [2.05, 4.69) is 29.3 Å². The second kappa shape index (κ2) is 9.60. The van der Waals surface area contributed by atoms with Crippen molar-refractivity contribution in [2.45, 2.75) is 19.8 Å². The Morgan fingerprint density at radius 3 is 2.44 bits per heavy atom. The van der Waals surface area contributed by atoms with Crippen molar-refractivity contribution < 1.29 is 9.90 Å². The fourth-order valence-corrected chi connectivity index (χ4v) is 2.32. The number of benzene rings is 2. The largest absolute Gasteiger partial charge is 0.481 e. The maximum absolute atomic E-state index is 9.60. The van der Waals surface area contributed by atoms with Crippen molar-refractivity contribution in [3.05, 3.63) is 76.9 Å². The van der Waals surface area contributed by atoms with E-state index in [4.69, 9.17) is 16.7 Å². The Hall–Kier alpha value is -2.65. The van der Waals surface area contributed by atoms with Gasteiger partial charge in [0, 0.05) is 16.8 Å². The Labute approximate surface area is 152 Å². The molecule has 0 fully saturated rings. The number of aromatic nitrogens is 1. The quantitative estimate of drug-likeness (QED) is 0.632. The summed E-state index contributed by atoms with van der Waals surface area (Å²) < 4.78 is 0. The van der Waals surface area contributed by atoms with Crippen molar-refractivity contribution in [1.29, 1.82) is 0 Å². The lowest BCUT2D eigenvalue weighted by Gasteiger charge is -1.99. The molecule has 0 atom stereocenters. The first-order chi connectivity index (χ1) is 12.1. The van der Waals surface area contributed by atoms with Crippen molar-refractivity contribution in [2.24, 2.45) is 0 Å². The molecule has 2 aromatic carbocycles. The van der Waals surface area contributed by atoms with Crippen LogP contribution in [0.2, 0.25) is 5.02 Å². The summed E-state index contributed by atoms with van der Waals surface area (Å²) in [5.74, 6) is -0.711. The fourth-order valence-electron chi connectivity index (χ4n) is 2.16. The fraction of sp³-hybridized carbons (Fsp3) is 0.143. The molecule has 0 saturated carbocycles.